The van der Waals surface area contributed by atoms with Crippen molar-refractivity contribution in [1.82, 2.24) is 15.2 Å². The van der Waals surface area contributed by atoms with Crippen LogP contribution in [0.3, 0.4) is 0 Å². The van der Waals surface area contributed by atoms with Crippen LogP contribution in [0.2, 0.25) is 0 Å². The quantitative estimate of drug-likeness (QED) is 0.181. The molecular formula is C28H35FN6O5. The van der Waals surface area contributed by atoms with Crippen LogP contribution in [0.25, 0.3) is 0 Å². The Labute approximate surface area is 232 Å². The van der Waals surface area contributed by atoms with Gasteiger partial charge >= 0.3 is 6.09 Å². The molecule has 0 aliphatic carbocycles. The van der Waals surface area contributed by atoms with Crippen molar-refractivity contribution in [2.24, 2.45) is 22.4 Å². The van der Waals surface area contributed by atoms with E-state index in [1.165, 1.54) is 17.3 Å². The van der Waals surface area contributed by atoms with Crippen LogP contribution in [0.5, 0.6) is 0 Å². The highest BCUT2D eigenvalue weighted by molar-refractivity contribution is 5.95. The SMILES string of the molecule is NC(N)=NCCC[C@H](CC(=O)[C@@H]1CCCN1C(=O)[C@H](NC(=O)OCc1ccccc1)c1cccnc1)C(=O)CF. The standard InChI is InChI=1S/C28H35FN6O5/c29-16-24(37)20(9-5-13-33-27(30)31)15-23(36)22-11-6-14-35(22)26(38)25(21-10-4-12-32-17-21)34-28(39)40-18-19-7-2-1-3-8-19/h1-4,7-8,10,12,17,20,22,25H,5-6,9,11,13-16,18H2,(H,34,39)(H4,30,31,33)/t20-,22+,25-/m1/s1. The predicted octanol–water partition coefficient (Wildman–Crippen LogP) is 2.21. The molecule has 1 aromatic heterocycles. The maximum Gasteiger partial charge on any atom is 0.408 e. The summed E-state index contributed by atoms with van der Waals surface area (Å²) in [5, 5.41) is 2.61. The average molecular weight is 555 g/mol. The monoisotopic (exact) mass is 554 g/mol. The first-order valence-corrected chi connectivity index (χ1v) is 13.1. The first-order chi connectivity index (χ1) is 19.3. The van der Waals surface area contributed by atoms with E-state index in [0.29, 0.717) is 31.4 Å². The number of rotatable bonds is 14. The van der Waals surface area contributed by atoms with Crippen molar-refractivity contribution in [2.75, 3.05) is 19.8 Å². The largest absolute Gasteiger partial charge is 0.445 e. The number of carbonyl (C=O) groups is 4. The van der Waals surface area contributed by atoms with Crippen molar-refractivity contribution in [3.63, 3.8) is 0 Å². The van der Waals surface area contributed by atoms with Crippen LogP contribution in [0, 0.1) is 5.92 Å². The maximum atomic E-state index is 13.7. The Morgan fingerprint density at radius 3 is 2.60 bits per heavy atom. The molecule has 12 heteroatoms. The van der Waals surface area contributed by atoms with Gasteiger partial charge < -0.3 is 26.4 Å². The molecule has 1 fully saturated rings. The number of alkyl halides is 1. The Kier molecular flexibility index (Phi) is 11.5. The van der Waals surface area contributed by atoms with Crippen molar-refractivity contribution in [1.29, 1.82) is 0 Å². The van der Waals surface area contributed by atoms with Gasteiger partial charge in [-0.1, -0.05) is 36.4 Å². The van der Waals surface area contributed by atoms with Gasteiger partial charge in [-0.3, -0.25) is 24.4 Å². The van der Waals surface area contributed by atoms with E-state index in [4.69, 9.17) is 16.2 Å². The van der Waals surface area contributed by atoms with Crippen LogP contribution in [0.4, 0.5) is 9.18 Å². The molecule has 0 unspecified atom stereocenters. The van der Waals surface area contributed by atoms with Crippen LogP contribution in [-0.4, -0.2) is 65.2 Å². The Balaban J connectivity index is 1.70. The van der Waals surface area contributed by atoms with E-state index in [2.05, 4.69) is 15.3 Å². The highest BCUT2D eigenvalue weighted by Gasteiger charge is 2.39. The van der Waals surface area contributed by atoms with Crippen molar-refractivity contribution in [3.05, 3.63) is 66.0 Å². The number of aromatic nitrogens is 1. The van der Waals surface area contributed by atoms with Crippen molar-refractivity contribution < 1.29 is 28.3 Å². The Hall–Kier alpha value is -4.35. The van der Waals surface area contributed by atoms with E-state index < -0.39 is 42.5 Å². The molecule has 2 aromatic rings. The Morgan fingerprint density at radius 1 is 1.15 bits per heavy atom. The second kappa shape index (κ2) is 15.3. The van der Waals surface area contributed by atoms with E-state index in [-0.39, 0.29) is 37.7 Å². The number of nitrogens with one attached hydrogen (secondary N) is 1. The fourth-order valence-corrected chi connectivity index (χ4v) is 4.66. The molecule has 3 rings (SSSR count). The summed E-state index contributed by atoms with van der Waals surface area (Å²) in [4.78, 5) is 61.3. The number of pyridine rings is 1. The fourth-order valence-electron chi connectivity index (χ4n) is 4.66. The van der Waals surface area contributed by atoms with E-state index >= 15 is 0 Å². The zero-order chi connectivity index (χ0) is 28.9. The number of benzene rings is 1. The summed E-state index contributed by atoms with van der Waals surface area (Å²) in [6.07, 6.45) is 3.58. The molecule has 0 bridgehead atoms. The van der Waals surface area contributed by atoms with Crippen LogP contribution >= 0.6 is 0 Å². The number of hydrogen-bond donors (Lipinski definition) is 3. The highest BCUT2D eigenvalue weighted by Crippen LogP contribution is 2.27. The van der Waals surface area contributed by atoms with Gasteiger partial charge in [0.05, 0.1) is 6.04 Å². The zero-order valence-corrected chi connectivity index (χ0v) is 22.2. The lowest BCUT2D eigenvalue weighted by molar-refractivity contribution is -0.140. The number of Topliss-reactive ketones (excluding diaryl/α,β-unsaturated/α-hetero) is 2. The van der Waals surface area contributed by atoms with Crippen LogP contribution < -0.4 is 16.8 Å². The van der Waals surface area contributed by atoms with Gasteiger partial charge in [0.1, 0.15) is 19.3 Å². The van der Waals surface area contributed by atoms with E-state index in [9.17, 15) is 23.6 Å². The predicted molar refractivity (Wildman–Crippen MR) is 145 cm³/mol. The van der Waals surface area contributed by atoms with Gasteiger partial charge in [0, 0.05) is 43.4 Å². The molecular weight excluding hydrogens is 519 g/mol. The number of nitrogens with zero attached hydrogens (tertiary/aromatic N) is 3. The average Bonchev–Trinajstić information content (AvgIpc) is 3.47. The molecule has 0 spiro atoms. The van der Waals surface area contributed by atoms with Gasteiger partial charge in [0.25, 0.3) is 5.91 Å². The molecule has 2 amide bonds. The molecule has 0 radical (unpaired) electrons. The lowest BCUT2D eigenvalue weighted by Crippen LogP contribution is -2.47. The molecule has 0 saturated carbocycles. The first kappa shape index (κ1) is 30.2. The van der Waals surface area contributed by atoms with Gasteiger partial charge in [0.15, 0.2) is 17.5 Å². The minimum atomic E-state index is -1.19. The number of guanidine groups is 1. The molecule has 1 aromatic carbocycles. The molecule has 214 valence electrons. The second-order valence-electron chi connectivity index (χ2n) is 9.53. The minimum absolute atomic E-state index is 0.0125. The number of likely N-dealkylation sites (tertiary alicyclic amines) is 1. The first-order valence-electron chi connectivity index (χ1n) is 13.1. The van der Waals surface area contributed by atoms with Gasteiger partial charge in [-0.15, -0.1) is 0 Å². The fraction of sp³-hybridized carbons (Fsp3) is 0.429. The van der Waals surface area contributed by atoms with Crippen molar-refractivity contribution >= 4 is 29.5 Å². The smallest absolute Gasteiger partial charge is 0.408 e. The van der Waals surface area contributed by atoms with Crippen molar-refractivity contribution in [2.45, 2.75) is 50.8 Å². The molecule has 1 saturated heterocycles. The number of hydrogen-bond acceptors (Lipinski definition) is 7. The lowest BCUT2D eigenvalue weighted by atomic mass is 9.90. The summed E-state index contributed by atoms with van der Waals surface area (Å²) in [6, 6.07) is 10.4. The van der Waals surface area contributed by atoms with E-state index in [1.807, 2.05) is 18.2 Å². The topological polar surface area (TPSA) is 170 Å². The van der Waals surface area contributed by atoms with Crippen LogP contribution in [-0.2, 0) is 25.7 Å². The summed E-state index contributed by atoms with van der Waals surface area (Å²) in [5.41, 5.74) is 11.8. The number of aliphatic imine (C=N–C) groups is 1. The molecule has 5 N–H and O–H groups in total. The van der Waals surface area contributed by atoms with Crippen LogP contribution in [0.1, 0.15) is 49.3 Å². The third-order valence-corrected chi connectivity index (χ3v) is 6.69. The molecule has 40 heavy (non-hydrogen) atoms. The molecule has 2 heterocycles. The Morgan fingerprint density at radius 2 is 1.93 bits per heavy atom. The number of halogens is 1. The number of carbonyl (C=O) groups excluding carboxylic acids is 4. The van der Waals surface area contributed by atoms with Gasteiger partial charge in [-0.2, -0.15) is 0 Å². The number of ether oxygens (including phenoxy) is 1. The normalized spacial score (nSPS) is 16.0. The lowest BCUT2D eigenvalue weighted by Gasteiger charge is -2.29. The summed E-state index contributed by atoms with van der Waals surface area (Å²) < 4.78 is 18.6. The van der Waals surface area contributed by atoms with Gasteiger partial charge in [0.2, 0.25) is 0 Å². The number of ketones is 2. The minimum Gasteiger partial charge on any atom is -0.445 e. The van der Waals surface area contributed by atoms with Gasteiger partial charge in [-0.25, -0.2) is 9.18 Å². The summed E-state index contributed by atoms with van der Waals surface area (Å²) in [5.74, 6) is -2.45. The van der Waals surface area contributed by atoms with E-state index in [0.717, 1.165) is 5.56 Å². The van der Waals surface area contributed by atoms with E-state index in [1.54, 1.807) is 24.3 Å². The molecule has 1 aliphatic heterocycles. The number of nitrogens with two attached hydrogens (primary N) is 2. The molecule has 1 aliphatic rings. The highest BCUT2D eigenvalue weighted by atomic mass is 19.1. The second-order valence-corrected chi connectivity index (χ2v) is 9.53. The van der Waals surface area contributed by atoms with Crippen LogP contribution in [0.15, 0.2) is 59.9 Å². The third-order valence-electron chi connectivity index (χ3n) is 6.69. The molecule has 11 nitrogen and oxygen atoms in total. The van der Waals surface area contributed by atoms with Crippen molar-refractivity contribution in [3.8, 4) is 0 Å². The summed E-state index contributed by atoms with van der Waals surface area (Å²) >= 11 is 0. The summed E-state index contributed by atoms with van der Waals surface area (Å²) in [6.45, 7) is -0.636. The molecule has 3 atom stereocenters. The Bertz CT molecular complexity index is 1180. The van der Waals surface area contributed by atoms with Gasteiger partial charge in [-0.05, 0) is 37.3 Å². The summed E-state index contributed by atoms with van der Waals surface area (Å²) in [7, 11) is 0. The number of amides is 2. The zero-order valence-electron chi connectivity index (χ0n) is 22.2. The number of alkyl carbamates (subject to hydrolysis) is 1. The maximum absolute atomic E-state index is 13.7. The third kappa shape index (κ3) is 8.85.